The highest BCUT2D eigenvalue weighted by Gasteiger charge is 2.57. The number of unbranched alkanes of at least 4 members (excludes halogenated alkanes) is 9. The molecule has 4 heteroatoms. The summed E-state index contributed by atoms with van der Waals surface area (Å²) in [5.41, 5.74) is 2.03. The molecule has 0 spiro atoms. The van der Waals surface area contributed by atoms with Crippen LogP contribution < -0.4 is 0 Å². The zero-order valence-electron chi connectivity index (χ0n) is 21.6. The Morgan fingerprint density at radius 1 is 0.556 bits per heavy atom. The molecule has 0 fully saturated rings. The molecule has 0 radical (unpaired) electrons. The Labute approximate surface area is 226 Å². The van der Waals surface area contributed by atoms with E-state index in [-0.39, 0.29) is 0 Å². The monoisotopic (exact) mass is 566 g/mol. The van der Waals surface area contributed by atoms with Crippen molar-refractivity contribution in [3.63, 3.8) is 0 Å². The second kappa shape index (κ2) is 14.7. The van der Waals surface area contributed by atoms with Gasteiger partial charge in [-0.3, -0.25) is 0 Å². The number of halogens is 1. The lowest BCUT2D eigenvalue weighted by molar-refractivity contribution is 0.386. The van der Waals surface area contributed by atoms with Crippen molar-refractivity contribution in [2.75, 3.05) is 0 Å². The van der Waals surface area contributed by atoms with E-state index in [9.17, 15) is 9.13 Å². The highest BCUT2D eigenvalue weighted by Crippen LogP contribution is 2.63. The van der Waals surface area contributed by atoms with Crippen LogP contribution in [0.2, 0.25) is 0 Å². The third-order valence-corrected chi connectivity index (χ3v) is 10.6. The topological polar surface area (TPSA) is 34.1 Å². The lowest BCUT2D eigenvalue weighted by atomic mass is 9.66. The molecule has 3 aromatic rings. The van der Waals surface area contributed by atoms with Crippen LogP contribution in [0.3, 0.4) is 0 Å². The Hall–Kier alpha value is -1.96. The highest BCUT2D eigenvalue weighted by molar-refractivity contribution is 9.10. The average molecular weight is 568 g/mol. The van der Waals surface area contributed by atoms with Gasteiger partial charge in [0.25, 0.3) is 0 Å². The first-order valence-corrected chi connectivity index (χ1v) is 15.5. The maximum absolute atomic E-state index is 13.3. The van der Waals surface area contributed by atoms with Crippen LogP contribution in [-0.4, -0.2) is 0 Å². The zero-order valence-corrected chi connectivity index (χ0v) is 24.1. The first-order valence-electron chi connectivity index (χ1n) is 13.6. The van der Waals surface area contributed by atoms with E-state index >= 15 is 0 Å². The van der Waals surface area contributed by atoms with Gasteiger partial charge in [0.1, 0.15) is 0 Å². The minimum absolute atomic E-state index is 0.737. The van der Waals surface area contributed by atoms with E-state index in [1.54, 1.807) is 0 Å². The molecule has 1 unspecified atom stereocenters. The summed E-state index contributed by atoms with van der Waals surface area (Å²) in [5.74, 6) is 0. The zero-order chi connectivity index (χ0) is 25.7. The van der Waals surface area contributed by atoms with Crippen LogP contribution in [0.1, 0.15) is 94.2 Å². The summed E-state index contributed by atoms with van der Waals surface area (Å²) in [4.78, 5) is 0. The molecule has 0 saturated carbocycles. The molecule has 3 aromatic carbocycles. The Morgan fingerprint density at radius 3 is 1.31 bits per heavy atom. The number of rotatable bonds is 16. The summed E-state index contributed by atoms with van der Waals surface area (Å²) in [6.45, 7) is 2.26. The molecule has 0 heterocycles. The quantitative estimate of drug-likeness (QED) is 0.0980. The molecule has 0 aliphatic rings. The summed E-state index contributed by atoms with van der Waals surface area (Å²) in [7, 11) is -2.88. The van der Waals surface area contributed by atoms with E-state index < -0.39 is 17.2 Å². The van der Waals surface area contributed by atoms with E-state index in [1.165, 1.54) is 51.4 Å². The molecule has 0 saturated heterocycles. The van der Waals surface area contributed by atoms with Crippen molar-refractivity contribution in [1.29, 1.82) is 0 Å². The van der Waals surface area contributed by atoms with Crippen molar-refractivity contribution < 1.29 is 9.13 Å². The lowest BCUT2D eigenvalue weighted by Crippen LogP contribution is -2.43. The van der Waals surface area contributed by atoms with Gasteiger partial charge in [-0.15, -0.1) is 0 Å². The summed E-state index contributed by atoms with van der Waals surface area (Å²) in [6, 6.07) is 30.0. The molecule has 3 rings (SSSR count). The molecule has 1 atom stereocenters. The molecule has 0 amide bonds. The largest absolute Gasteiger partial charge is 0.338 e. The Kier molecular flexibility index (Phi) is 11.7. The van der Waals surface area contributed by atoms with Crippen molar-refractivity contribution in [1.82, 2.24) is 0 Å². The molecular weight excluding hydrogens is 527 g/mol. The van der Waals surface area contributed by atoms with Crippen LogP contribution in [0.5, 0.6) is 0 Å². The normalized spacial score (nSPS) is 13.3. The molecule has 36 heavy (non-hydrogen) atoms. The van der Waals surface area contributed by atoms with Crippen LogP contribution in [0.25, 0.3) is 0 Å². The lowest BCUT2D eigenvalue weighted by Gasteiger charge is -2.45. The minimum atomic E-state index is -2.88. The summed E-state index contributed by atoms with van der Waals surface area (Å²) in [6.07, 6.45) is 13.2. The predicted molar refractivity (Wildman–Crippen MR) is 155 cm³/mol. The molecule has 0 aliphatic carbocycles. The van der Waals surface area contributed by atoms with Crippen LogP contribution in [0.15, 0.2) is 91.0 Å². The van der Waals surface area contributed by atoms with Crippen molar-refractivity contribution in [2.24, 2.45) is 0 Å². The Bertz CT molecular complexity index is 1040. The van der Waals surface area contributed by atoms with Gasteiger partial charge in [0.05, 0.1) is 5.41 Å². The fourth-order valence-corrected chi connectivity index (χ4v) is 7.46. The SMILES string of the molecule is CCCCCCCCCCCCC(c1ccccc1)(c1ccccc1)C(Br)(c1ccccc1)P(=O)=O. The Balaban J connectivity index is 1.93. The van der Waals surface area contributed by atoms with Gasteiger partial charge in [0, 0.05) is 0 Å². The van der Waals surface area contributed by atoms with Gasteiger partial charge in [-0.05, 0) is 23.1 Å². The second-order valence-electron chi connectivity index (χ2n) is 9.81. The van der Waals surface area contributed by atoms with Gasteiger partial charge in [-0.2, -0.15) is 0 Å². The van der Waals surface area contributed by atoms with Crippen LogP contribution in [-0.2, 0) is 18.6 Å². The number of hydrogen-bond acceptors (Lipinski definition) is 2. The molecule has 192 valence electrons. The van der Waals surface area contributed by atoms with E-state index in [0.29, 0.717) is 0 Å². The van der Waals surface area contributed by atoms with E-state index in [0.717, 1.165) is 36.0 Å². The molecule has 0 bridgehead atoms. The van der Waals surface area contributed by atoms with Gasteiger partial charge in [0.2, 0.25) is 0 Å². The summed E-state index contributed by atoms with van der Waals surface area (Å²) in [5, 5.41) is 0. The van der Waals surface area contributed by atoms with Crippen molar-refractivity contribution >= 4 is 23.6 Å². The Morgan fingerprint density at radius 2 is 0.917 bits per heavy atom. The van der Waals surface area contributed by atoms with Gasteiger partial charge in [0.15, 0.2) is 4.07 Å². The van der Waals surface area contributed by atoms with Crippen molar-refractivity contribution in [3.8, 4) is 0 Å². The molecule has 0 aliphatic heterocycles. The minimum Gasteiger partial charge on any atom is -0.235 e. The molecule has 0 aromatic heterocycles. The maximum atomic E-state index is 13.3. The first-order chi connectivity index (χ1) is 17.6. The fraction of sp³-hybridized carbons (Fsp3) is 0.438. The summed E-state index contributed by atoms with van der Waals surface area (Å²) < 4.78 is 25.3. The van der Waals surface area contributed by atoms with Crippen molar-refractivity contribution in [3.05, 3.63) is 108 Å². The number of benzene rings is 3. The molecule has 2 nitrogen and oxygen atoms in total. The smallest absolute Gasteiger partial charge is 0.235 e. The second-order valence-corrected chi connectivity index (χ2v) is 12.8. The molecular formula is C32H40BrO2P. The van der Waals surface area contributed by atoms with Gasteiger partial charge in [-0.25, -0.2) is 9.13 Å². The van der Waals surface area contributed by atoms with Crippen LogP contribution in [0, 0.1) is 0 Å². The first kappa shape index (κ1) is 28.6. The van der Waals surface area contributed by atoms with Crippen LogP contribution in [0.4, 0.5) is 0 Å². The highest BCUT2D eigenvalue weighted by atomic mass is 79.9. The standard InChI is InChI=1S/C32H40BrO2P/c1-2-3-4-5-6-7-8-9-10-20-27-31(28-21-14-11-15-22-28,29-23-16-12-17-24-29)32(33,36(34)35)30-25-18-13-19-26-30/h11-19,21-26H,2-10,20,27H2,1H3. The fourth-order valence-electron chi connectivity index (χ4n) is 5.49. The van der Waals surface area contributed by atoms with E-state index in [4.69, 9.17) is 0 Å². The van der Waals surface area contributed by atoms with Gasteiger partial charge >= 0.3 is 7.68 Å². The summed E-state index contributed by atoms with van der Waals surface area (Å²) >= 11 is 3.88. The van der Waals surface area contributed by atoms with E-state index in [2.05, 4.69) is 47.1 Å². The maximum Gasteiger partial charge on any atom is 0.338 e. The van der Waals surface area contributed by atoms with E-state index in [1.807, 2.05) is 66.7 Å². The average Bonchev–Trinajstić information content (AvgIpc) is 2.93. The predicted octanol–water partition coefficient (Wildman–Crippen LogP) is 10.7. The molecule has 0 N–H and O–H groups in total. The van der Waals surface area contributed by atoms with Crippen LogP contribution >= 0.6 is 23.6 Å². The van der Waals surface area contributed by atoms with Crippen molar-refractivity contribution in [2.45, 2.75) is 87.0 Å². The number of hydrogen-bond donors (Lipinski definition) is 0. The third kappa shape index (κ3) is 6.67. The van der Waals surface area contributed by atoms with Gasteiger partial charge in [-0.1, -0.05) is 178 Å². The third-order valence-electron chi connectivity index (χ3n) is 7.41. The van der Waals surface area contributed by atoms with Gasteiger partial charge < -0.3 is 0 Å². The number of alkyl halides is 1.